The Kier molecular flexibility index (Phi) is 5.15. The van der Waals surface area contributed by atoms with Gasteiger partial charge >= 0.3 is 0 Å². The average Bonchev–Trinajstić information content (AvgIpc) is 2.46. The van der Waals surface area contributed by atoms with Crippen molar-refractivity contribution in [2.24, 2.45) is 5.73 Å². The molecule has 0 radical (unpaired) electrons. The largest absolute Gasteiger partial charge is 0.369 e. The minimum absolute atomic E-state index is 0.118. The van der Waals surface area contributed by atoms with Crippen molar-refractivity contribution < 1.29 is 9.00 Å². The molecule has 2 aromatic rings. The number of carbonyl (C=O) groups is 1. The summed E-state index contributed by atoms with van der Waals surface area (Å²) in [5.74, 6) is -0.666. The van der Waals surface area contributed by atoms with E-state index in [1.54, 1.807) is 0 Å². The van der Waals surface area contributed by atoms with E-state index in [1.165, 1.54) is 0 Å². The van der Waals surface area contributed by atoms with E-state index in [0.29, 0.717) is 5.02 Å². The summed E-state index contributed by atoms with van der Waals surface area (Å²) in [4.78, 5) is 10.8. The van der Waals surface area contributed by atoms with Crippen LogP contribution >= 0.6 is 11.6 Å². The van der Waals surface area contributed by atoms with Gasteiger partial charge in [-0.1, -0.05) is 54.1 Å². The van der Waals surface area contributed by atoms with Crippen LogP contribution in [0.1, 0.15) is 17.7 Å². The first-order valence-corrected chi connectivity index (χ1v) is 8.25. The quantitative estimate of drug-likeness (QED) is 0.918. The SMILES string of the molecule is CC(c1ccc(-c2ccccc2Cl)cc1)S(=O)CC(N)=O. The fourth-order valence-corrected chi connectivity index (χ4v) is 3.28. The zero-order valence-corrected chi connectivity index (χ0v) is 13.2. The second-order valence-electron chi connectivity index (χ2n) is 4.74. The van der Waals surface area contributed by atoms with Crippen LogP contribution < -0.4 is 5.73 Å². The maximum absolute atomic E-state index is 12.0. The Morgan fingerprint density at radius 1 is 1.19 bits per heavy atom. The van der Waals surface area contributed by atoms with E-state index in [4.69, 9.17) is 17.3 Å². The average molecular weight is 322 g/mol. The molecule has 2 unspecified atom stereocenters. The van der Waals surface area contributed by atoms with Crippen LogP contribution in [0.4, 0.5) is 0 Å². The molecule has 0 saturated heterocycles. The predicted molar refractivity (Wildman–Crippen MR) is 87.5 cm³/mol. The van der Waals surface area contributed by atoms with Crippen molar-refractivity contribution in [3.05, 3.63) is 59.1 Å². The van der Waals surface area contributed by atoms with E-state index >= 15 is 0 Å². The molecule has 0 fully saturated rings. The molecule has 0 aliphatic heterocycles. The summed E-state index contributed by atoms with van der Waals surface area (Å²) >= 11 is 6.17. The Morgan fingerprint density at radius 3 is 2.38 bits per heavy atom. The van der Waals surface area contributed by atoms with Crippen LogP contribution in [0.3, 0.4) is 0 Å². The number of hydrogen-bond acceptors (Lipinski definition) is 2. The number of rotatable bonds is 5. The molecule has 0 bridgehead atoms. The molecule has 3 nitrogen and oxygen atoms in total. The number of hydrogen-bond donors (Lipinski definition) is 1. The molecule has 110 valence electrons. The Hall–Kier alpha value is -1.65. The predicted octanol–water partition coefficient (Wildman–Crippen LogP) is 3.30. The topological polar surface area (TPSA) is 60.2 Å². The summed E-state index contributed by atoms with van der Waals surface area (Å²) in [6, 6.07) is 15.3. The molecule has 0 spiro atoms. The maximum atomic E-state index is 12.0. The standard InChI is InChI=1S/C16H16ClNO2S/c1-11(21(20)10-16(18)19)12-6-8-13(9-7-12)14-4-2-3-5-15(14)17/h2-9,11H,10H2,1H3,(H2,18,19). The van der Waals surface area contributed by atoms with E-state index in [9.17, 15) is 9.00 Å². The van der Waals surface area contributed by atoms with Gasteiger partial charge in [0.2, 0.25) is 5.91 Å². The molecule has 5 heteroatoms. The van der Waals surface area contributed by atoms with Gasteiger partial charge in [-0.3, -0.25) is 9.00 Å². The van der Waals surface area contributed by atoms with Gasteiger partial charge in [-0.15, -0.1) is 0 Å². The van der Waals surface area contributed by atoms with E-state index in [0.717, 1.165) is 16.7 Å². The van der Waals surface area contributed by atoms with Gasteiger partial charge in [-0.25, -0.2) is 0 Å². The van der Waals surface area contributed by atoms with Crippen molar-refractivity contribution >= 4 is 28.3 Å². The molecule has 2 N–H and O–H groups in total. The lowest BCUT2D eigenvalue weighted by Gasteiger charge is -2.12. The molecular weight excluding hydrogens is 306 g/mol. The fourth-order valence-electron chi connectivity index (χ4n) is 2.05. The van der Waals surface area contributed by atoms with Gasteiger partial charge in [-0.05, 0) is 24.1 Å². The third kappa shape index (κ3) is 3.93. The Morgan fingerprint density at radius 2 is 1.81 bits per heavy atom. The molecular formula is C16H16ClNO2S. The highest BCUT2D eigenvalue weighted by Crippen LogP contribution is 2.29. The van der Waals surface area contributed by atoms with Crippen molar-refractivity contribution in [2.45, 2.75) is 12.2 Å². The van der Waals surface area contributed by atoms with E-state index in [1.807, 2.05) is 55.5 Å². The van der Waals surface area contributed by atoms with Crippen molar-refractivity contribution in [2.75, 3.05) is 5.75 Å². The molecule has 0 aromatic heterocycles. The Labute approximate surface area is 131 Å². The third-order valence-corrected chi connectivity index (χ3v) is 5.20. The molecule has 2 atom stereocenters. The van der Waals surface area contributed by atoms with Crippen LogP contribution in [-0.2, 0) is 15.6 Å². The fraction of sp³-hybridized carbons (Fsp3) is 0.188. The van der Waals surface area contributed by atoms with Crippen molar-refractivity contribution in [1.82, 2.24) is 0 Å². The molecule has 2 aromatic carbocycles. The van der Waals surface area contributed by atoms with Gasteiger partial charge in [-0.2, -0.15) is 0 Å². The van der Waals surface area contributed by atoms with Gasteiger partial charge in [0, 0.05) is 21.4 Å². The van der Waals surface area contributed by atoms with Gasteiger partial charge in [0.25, 0.3) is 0 Å². The summed E-state index contributed by atoms with van der Waals surface area (Å²) in [6.45, 7) is 1.82. The molecule has 0 aliphatic carbocycles. The summed E-state index contributed by atoms with van der Waals surface area (Å²) in [5, 5.41) is 0.452. The highest BCUT2D eigenvalue weighted by Gasteiger charge is 2.15. The molecule has 0 aliphatic rings. The van der Waals surface area contributed by atoms with Crippen molar-refractivity contribution in [1.29, 1.82) is 0 Å². The van der Waals surface area contributed by atoms with Crippen molar-refractivity contribution in [3.63, 3.8) is 0 Å². The van der Waals surface area contributed by atoms with E-state index in [-0.39, 0.29) is 11.0 Å². The lowest BCUT2D eigenvalue weighted by Crippen LogP contribution is -2.21. The molecule has 21 heavy (non-hydrogen) atoms. The zero-order chi connectivity index (χ0) is 15.4. The van der Waals surface area contributed by atoms with E-state index < -0.39 is 16.7 Å². The number of benzene rings is 2. The number of halogens is 1. The second-order valence-corrected chi connectivity index (χ2v) is 6.90. The number of primary amides is 1. The third-order valence-electron chi connectivity index (χ3n) is 3.24. The summed E-state index contributed by atoms with van der Waals surface area (Å²) < 4.78 is 12.0. The van der Waals surface area contributed by atoms with Crippen LogP contribution in [0.2, 0.25) is 5.02 Å². The van der Waals surface area contributed by atoms with Crippen LogP contribution in [0.5, 0.6) is 0 Å². The molecule has 0 heterocycles. The van der Waals surface area contributed by atoms with E-state index in [2.05, 4.69) is 0 Å². The first-order valence-electron chi connectivity index (χ1n) is 6.49. The van der Waals surface area contributed by atoms with Crippen molar-refractivity contribution in [3.8, 4) is 11.1 Å². The zero-order valence-electron chi connectivity index (χ0n) is 11.6. The van der Waals surface area contributed by atoms with Crippen LogP contribution in [0.15, 0.2) is 48.5 Å². The smallest absolute Gasteiger partial charge is 0.230 e. The number of amides is 1. The Bertz CT molecular complexity index is 670. The monoisotopic (exact) mass is 321 g/mol. The minimum atomic E-state index is -1.30. The highest BCUT2D eigenvalue weighted by atomic mass is 35.5. The van der Waals surface area contributed by atoms with Crippen LogP contribution in [0.25, 0.3) is 11.1 Å². The summed E-state index contributed by atoms with van der Waals surface area (Å²) in [7, 11) is -1.30. The normalized spacial score (nSPS) is 13.6. The first kappa shape index (κ1) is 15.7. The Balaban J connectivity index is 2.21. The maximum Gasteiger partial charge on any atom is 0.230 e. The molecule has 0 saturated carbocycles. The summed E-state index contributed by atoms with van der Waals surface area (Å²) in [6.07, 6.45) is 0. The summed E-state index contributed by atoms with van der Waals surface area (Å²) in [5.41, 5.74) is 7.94. The second kappa shape index (κ2) is 6.87. The van der Waals surface area contributed by atoms with Gasteiger partial charge in [0.05, 0.1) is 5.25 Å². The minimum Gasteiger partial charge on any atom is -0.369 e. The first-order chi connectivity index (χ1) is 9.99. The van der Waals surface area contributed by atoms with Crippen LogP contribution in [-0.4, -0.2) is 15.9 Å². The van der Waals surface area contributed by atoms with Gasteiger partial charge in [0.15, 0.2) is 0 Å². The number of nitrogens with two attached hydrogens (primary N) is 1. The molecule has 1 amide bonds. The highest BCUT2D eigenvalue weighted by molar-refractivity contribution is 7.86. The lowest BCUT2D eigenvalue weighted by atomic mass is 10.0. The number of carbonyl (C=O) groups excluding carboxylic acids is 1. The lowest BCUT2D eigenvalue weighted by molar-refractivity contribution is -0.115. The van der Waals surface area contributed by atoms with Gasteiger partial charge < -0.3 is 5.73 Å². The molecule has 2 rings (SSSR count). The van der Waals surface area contributed by atoms with Crippen LogP contribution in [0, 0.1) is 0 Å². The van der Waals surface area contributed by atoms with Gasteiger partial charge in [0.1, 0.15) is 5.75 Å².